The fourth-order valence-corrected chi connectivity index (χ4v) is 3.34. The molecule has 2 aliphatic rings. The Bertz CT molecular complexity index is 528. The number of halogens is 1. The van der Waals surface area contributed by atoms with Gasteiger partial charge in [-0.15, -0.1) is 0 Å². The highest BCUT2D eigenvalue weighted by molar-refractivity contribution is 6.30. The Hall–Kier alpha value is -1.06. The highest BCUT2D eigenvalue weighted by atomic mass is 35.5. The zero-order chi connectivity index (χ0) is 14.8. The summed E-state index contributed by atoms with van der Waals surface area (Å²) in [5.41, 5.74) is 1.87. The summed E-state index contributed by atoms with van der Waals surface area (Å²) in [5, 5.41) is 3.68. The number of carbonyl (C=O) groups excluding carboxylic acids is 1. The van der Waals surface area contributed by atoms with Gasteiger partial charge in [0.05, 0.1) is 18.6 Å². The van der Waals surface area contributed by atoms with Gasteiger partial charge in [-0.25, -0.2) is 0 Å². The molecule has 1 fully saturated rings. The molecule has 0 bridgehead atoms. The van der Waals surface area contributed by atoms with Gasteiger partial charge in [0, 0.05) is 16.3 Å². The minimum Gasteiger partial charge on any atom is -0.372 e. The maximum Gasteiger partial charge on any atom is 0.230 e. The topological polar surface area (TPSA) is 38.3 Å². The SMILES string of the molecule is CCCC1C(=O)Nc2ccc(Cl)cc2C1OCC1CCC1. The van der Waals surface area contributed by atoms with E-state index in [1.165, 1.54) is 19.3 Å². The first-order chi connectivity index (χ1) is 10.2. The van der Waals surface area contributed by atoms with Gasteiger partial charge in [0.1, 0.15) is 0 Å². The first kappa shape index (κ1) is 14.9. The van der Waals surface area contributed by atoms with Crippen LogP contribution in [0.25, 0.3) is 0 Å². The maximum atomic E-state index is 12.3. The summed E-state index contributed by atoms with van der Waals surface area (Å²) in [7, 11) is 0. The summed E-state index contributed by atoms with van der Waals surface area (Å²) < 4.78 is 6.18. The van der Waals surface area contributed by atoms with E-state index in [9.17, 15) is 4.79 Å². The third-order valence-corrected chi connectivity index (χ3v) is 4.85. The molecule has 1 aromatic carbocycles. The van der Waals surface area contributed by atoms with Gasteiger partial charge in [-0.2, -0.15) is 0 Å². The maximum absolute atomic E-state index is 12.3. The summed E-state index contributed by atoms with van der Waals surface area (Å²) in [6.45, 7) is 2.86. The second-order valence-corrected chi connectivity index (χ2v) is 6.60. The number of anilines is 1. The number of carbonyl (C=O) groups is 1. The quantitative estimate of drug-likeness (QED) is 0.865. The fraction of sp³-hybridized carbons (Fsp3) is 0.588. The molecule has 1 aliphatic heterocycles. The Kier molecular flexibility index (Phi) is 4.51. The summed E-state index contributed by atoms with van der Waals surface area (Å²) in [4.78, 5) is 12.3. The molecule has 1 aromatic rings. The van der Waals surface area contributed by atoms with Crippen molar-refractivity contribution in [2.24, 2.45) is 11.8 Å². The van der Waals surface area contributed by atoms with Crippen molar-refractivity contribution in [1.29, 1.82) is 0 Å². The zero-order valence-electron chi connectivity index (χ0n) is 12.4. The molecule has 21 heavy (non-hydrogen) atoms. The van der Waals surface area contributed by atoms with Gasteiger partial charge in [-0.05, 0) is 43.4 Å². The van der Waals surface area contributed by atoms with Crippen LogP contribution in [0.5, 0.6) is 0 Å². The van der Waals surface area contributed by atoms with Crippen LogP contribution in [-0.2, 0) is 9.53 Å². The molecule has 1 heterocycles. The van der Waals surface area contributed by atoms with E-state index in [1.807, 2.05) is 18.2 Å². The van der Waals surface area contributed by atoms with Crippen molar-refractivity contribution in [3.63, 3.8) is 0 Å². The summed E-state index contributed by atoms with van der Waals surface area (Å²) >= 11 is 6.14. The second-order valence-electron chi connectivity index (χ2n) is 6.17. The standard InChI is InChI=1S/C17H22ClNO2/c1-2-4-13-16(21-10-11-5-3-6-11)14-9-12(18)7-8-15(14)19-17(13)20/h7-9,11,13,16H,2-6,10H2,1H3,(H,19,20). The van der Waals surface area contributed by atoms with Gasteiger partial charge in [0.15, 0.2) is 0 Å². The number of fused-ring (bicyclic) bond motifs is 1. The van der Waals surface area contributed by atoms with Crippen LogP contribution in [-0.4, -0.2) is 12.5 Å². The Morgan fingerprint density at radius 3 is 2.86 bits per heavy atom. The summed E-state index contributed by atoms with van der Waals surface area (Å²) in [6, 6.07) is 5.62. The number of nitrogens with one attached hydrogen (secondary N) is 1. The van der Waals surface area contributed by atoms with E-state index in [0.29, 0.717) is 10.9 Å². The number of hydrogen-bond acceptors (Lipinski definition) is 2. The minimum absolute atomic E-state index is 0.0743. The van der Waals surface area contributed by atoms with Gasteiger partial charge >= 0.3 is 0 Å². The van der Waals surface area contributed by atoms with Crippen LogP contribution in [0.3, 0.4) is 0 Å². The summed E-state index contributed by atoms with van der Waals surface area (Å²) in [6.07, 6.45) is 5.46. The van der Waals surface area contributed by atoms with E-state index in [0.717, 1.165) is 30.7 Å². The molecule has 0 spiro atoms. The van der Waals surface area contributed by atoms with Gasteiger partial charge in [-0.3, -0.25) is 4.79 Å². The fourth-order valence-electron chi connectivity index (χ4n) is 3.16. The lowest BCUT2D eigenvalue weighted by Gasteiger charge is -2.35. The highest BCUT2D eigenvalue weighted by Gasteiger charge is 2.36. The van der Waals surface area contributed by atoms with Crippen LogP contribution in [0, 0.1) is 11.8 Å². The van der Waals surface area contributed by atoms with Crippen LogP contribution < -0.4 is 5.32 Å². The van der Waals surface area contributed by atoms with Crippen LogP contribution in [0.15, 0.2) is 18.2 Å². The molecule has 1 amide bonds. The average molecular weight is 308 g/mol. The average Bonchev–Trinajstić information content (AvgIpc) is 2.41. The van der Waals surface area contributed by atoms with Crippen LogP contribution in [0.1, 0.15) is 50.7 Å². The Labute approximate surface area is 131 Å². The van der Waals surface area contributed by atoms with Crippen LogP contribution in [0.2, 0.25) is 5.02 Å². The minimum atomic E-state index is -0.159. The second kappa shape index (κ2) is 6.37. The predicted molar refractivity (Wildman–Crippen MR) is 84.5 cm³/mol. The normalized spacial score (nSPS) is 25.1. The number of ether oxygens (including phenoxy) is 1. The highest BCUT2D eigenvalue weighted by Crippen LogP contribution is 2.41. The molecule has 1 aliphatic carbocycles. The molecule has 114 valence electrons. The van der Waals surface area contributed by atoms with Crippen molar-refractivity contribution in [2.75, 3.05) is 11.9 Å². The first-order valence-corrected chi connectivity index (χ1v) is 8.28. The third kappa shape index (κ3) is 3.09. The van der Waals surface area contributed by atoms with E-state index in [2.05, 4.69) is 12.2 Å². The molecule has 3 nitrogen and oxygen atoms in total. The summed E-state index contributed by atoms with van der Waals surface area (Å²) in [5.74, 6) is 0.631. The monoisotopic (exact) mass is 307 g/mol. The first-order valence-electron chi connectivity index (χ1n) is 7.91. The molecular weight excluding hydrogens is 286 g/mol. The van der Waals surface area contributed by atoms with Gasteiger partial charge < -0.3 is 10.1 Å². The lowest BCUT2D eigenvalue weighted by atomic mass is 9.84. The molecule has 0 aromatic heterocycles. The number of benzene rings is 1. The Morgan fingerprint density at radius 2 is 2.19 bits per heavy atom. The smallest absolute Gasteiger partial charge is 0.230 e. The van der Waals surface area contributed by atoms with E-state index in [1.54, 1.807) is 0 Å². The molecule has 0 saturated heterocycles. The number of amides is 1. The van der Waals surface area contributed by atoms with Gasteiger partial charge in [0.25, 0.3) is 0 Å². The Morgan fingerprint density at radius 1 is 1.38 bits per heavy atom. The molecule has 2 atom stereocenters. The lowest BCUT2D eigenvalue weighted by Crippen LogP contribution is -2.36. The van der Waals surface area contributed by atoms with Crippen molar-refractivity contribution in [1.82, 2.24) is 0 Å². The molecule has 1 saturated carbocycles. The van der Waals surface area contributed by atoms with Crippen LogP contribution >= 0.6 is 11.6 Å². The third-order valence-electron chi connectivity index (χ3n) is 4.62. The largest absolute Gasteiger partial charge is 0.372 e. The molecule has 0 radical (unpaired) electrons. The van der Waals surface area contributed by atoms with Gasteiger partial charge in [-0.1, -0.05) is 31.4 Å². The van der Waals surface area contributed by atoms with Crippen LogP contribution in [0.4, 0.5) is 5.69 Å². The van der Waals surface area contributed by atoms with Crippen molar-refractivity contribution >= 4 is 23.2 Å². The number of rotatable bonds is 5. The lowest BCUT2D eigenvalue weighted by molar-refractivity contribution is -0.128. The van der Waals surface area contributed by atoms with Crippen molar-refractivity contribution < 1.29 is 9.53 Å². The Balaban J connectivity index is 1.85. The van der Waals surface area contributed by atoms with E-state index in [4.69, 9.17) is 16.3 Å². The predicted octanol–water partition coefficient (Wildman–Crippen LogP) is 4.57. The van der Waals surface area contributed by atoms with Crippen molar-refractivity contribution in [3.8, 4) is 0 Å². The number of hydrogen-bond donors (Lipinski definition) is 1. The van der Waals surface area contributed by atoms with Gasteiger partial charge in [0.2, 0.25) is 5.91 Å². The zero-order valence-corrected chi connectivity index (χ0v) is 13.2. The van der Waals surface area contributed by atoms with E-state index < -0.39 is 0 Å². The molecular formula is C17H22ClNO2. The molecule has 4 heteroatoms. The van der Waals surface area contributed by atoms with E-state index in [-0.39, 0.29) is 17.9 Å². The van der Waals surface area contributed by atoms with Crippen molar-refractivity contribution in [3.05, 3.63) is 28.8 Å². The molecule has 2 unspecified atom stereocenters. The van der Waals surface area contributed by atoms with Crippen molar-refractivity contribution in [2.45, 2.75) is 45.1 Å². The molecule has 3 rings (SSSR count). The molecule has 1 N–H and O–H groups in total. The van der Waals surface area contributed by atoms with E-state index >= 15 is 0 Å².